The first-order valence-electron chi connectivity index (χ1n) is 3.46. The first-order chi connectivity index (χ1) is 5.52. The number of hydrazone groups is 1. The molecule has 0 fully saturated rings. The SMILES string of the molecule is CC(/C=N\N(C)C)=C\NC(N)=O. The van der Waals surface area contributed by atoms with Crippen molar-refractivity contribution in [2.75, 3.05) is 14.1 Å². The minimum Gasteiger partial charge on any atom is -0.351 e. The van der Waals surface area contributed by atoms with E-state index in [2.05, 4.69) is 10.4 Å². The standard InChI is InChI=1S/C7H14N4O/c1-6(4-9-7(8)12)5-10-11(2)3/h4-5H,1-3H3,(H3,8,9,12)/b6-4+,10-5-. The zero-order valence-electron chi connectivity index (χ0n) is 7.53. The highest BCUT2D eigenvalue weighted by Gasteiger charge is 1.86. The Hall–Kier alpha value is -1.52. The second kappa shape index (κ2) is 5.17. The van der Waals surface area contributed by atoms with Crippen molar-refractivity contribution in [1.29, 1.82) is 0 Å². The lowest BCUT2D eigenvalue weighted by atomic mass is 10.4. The van der Waals surface area contributed by atoms with Crippen LogP contribution in [0.25, 0.3) is 0 Å². The number of carbonyl (C=O) groups excluding carboxylic acids is 1. The number of nitrogens with two attached hydrogens (primary N) is 1. The fourth-order valence-corrected chi connectivity index (χ4v) is 0.429. The zero-order valence-corrected chi connectivity index (χ0v) is 7.53. The van der Waals surface area contributed by atoms with E-state index < -0.39 is 6.03 Å². The van der Waals surface area contributed by atoms with Crippen LogP contribution in [0.5, 0.6) is 0 Å². The molecule has 2 amide bonds. The van der Waals surface area contributed by atoms with Crippen LogP contribution in [0.1, 0.15) is 6.92 Å². The number of hydrogen-bond acceptors (Lipinski definition) is 3. The van der Waals surface area contributed by atoms with Gasteiger partial charge >= 0.3 is 6.03 Å². The van der Waals surface area contributed by atoms with Crippen LogP contribution in [0.2, 0.25) is 0 Å². The van der Waals surface area contributed by atoms with E-state index >= 15 is 0 Å². The van der Waals surface area contributed by atoms with Gasteiger partial charge in [0.25, 0.3) is 0 Å². The Morgan fingerprint density at radius 3 is 2.58 bits per heavy atom. The molecule has 5 heteroatoms. The van der Waals surface area contributed by atoms with Crippen molar-refractivity contribution >= 4 is 12.2 Å². The van der Waals surface area contributed by atoms with Crippen LogP contribution >= 0.6 is 0 Å². The summed E-state index contributed by atoms with van der Waals surface area (Å²) in [5.41, 5.74) is 5.67. The Labute approximate surface area is 71.9 Å². The molecule has 0 atom stereocenters. The van der Waals surface area contributed by atoms with Gasteiger partial charge < -0.3 is 16.1 Å². The van der Waals surface area contributed by atoms with Crippen LogP contribution in [0.15, 0.2) is 16.9 Å². The van der Waals surface area contributed by atoms with E-state index in [1.165, 1.54) is 6.20 Å². The summed E-state index contributed by atoms with van der Waals surface area (Å²) in [5.74, 6) is 0. The number of allylic oxidation sites excluding steroid dienone is 1. The molecule has 12 heavy (non-hydrogen) atoms. The molecule has 0 aromatic heterocycles. The summed E-state index contributed by atoms with van der Waals surface area (Å²) in [7, 11) is 3.62. The van der Waals surface area contributed by atoms with E-state index in [1.54, 1.807) is 11.2 Å². The number of urea groups is 1. The lowest BCUT2D eigenvalue weighted by Crippen LogP contribution is -2.24. The smallest absolute Gasteiger partial charge is 0.316 e. The largest absolute Gasteiger partial charge is 0.351 e. The summed E-state index contributed by atoms with van der Waals surface area (Å²) in [6.07, 6.45) is 3.12. The average Bonchev–Trinajstić information content (AvgIpc) is 1.96. The predicted octanol–water partition coefficient (Wildman–Crippen LogP) is 0.106. The monoisotopic (exact) mass is 170 g/mol. The van der Waals surface area contributed by atoms with Crippen molar-refractivity contribution < 1.29 is 4.79 Å². The van der Waals surface area contributed by atoms with Crippen molar-refractivity contribution in [3.63, 3.8) is 0 Å². The zero-order chi connectivity index (χ0) is 9.56. The molecule has 0 spiro atoms. The highest BCUT2D eigenvalue weighted by molar-refractivity contribution is 5.79. The van der Waals surface area contributed by atoms with Gasteiger partial charge in [0, 0.05) is 20.3 Å². The molecule has 0 saturated heterocycles. The molecule has 0 rings (SSSR count). The molecule has 0 unspecified atom stereocenters. The Morgan fingerprint density at radius 2 is 2.17 bits per heavy atom. The summed E-state index contributed by atoms with van der Waals surface area (Å²) in [4.78, 5) is 10.3. The van der Waals surface area contributed by atoms with Gasteiger partial charge in [0.2, 0.25) is 0 Å². The van der Waals surface area contributed by atoms with Gasteiger partial charge in [-0.3, -0.25) is 0 Å². The van der Waals surface area contributed by atoms with Gasteiger partial charge in [-0.15, -0.1) is 0 Å². The summed E-state index contributed by atoms with van der Waals surface area (Å²) < 4.78 is 0. The second-order valence-electron chi connectivity index (χ2n) is 2.49. The van der Waals surface area contributed by atoms with E-state index in [9.17, 15) is 4.79 Å². The minimum atomic E-state index is -0.576. The molecule has 0 aliphatic rings. The van der Waals surface area contributed by atoms with Crippen molar-refractivity contribution in [1.82, 2.24) is 10.3 Å². The van der Waals surface area contributed by atoms with Gasteiger partial charge in [-0.05, 0) is 12.5 Å². The number of hydrogen-bond donors (Lipinski definition) is 2. The number of carbonyl (C=O) groups is 1. The maximum atomic E-state index is 10.3. The first kappa shape index (κ1) is 10.5. The molecule has 0 bridgehead atoms. The Balaban J connectivity index is 3.93. The Bertz CT molecular complexity index is 207. The third kappa shape index (κ3) is 6.60. The molecule has 3 N–H and O–H groups in total. The Morgan fingerprint density at radius 1 is 1.58 bits per heavy atom. The van der Waals surface area contributed by atoms with Crippen LogP contribution in [0.3, 0.4) is 0 Å². The van der Waals surface area contributed by atoms with Crippen molar-refractivity contribution in [2.45, 2.75) is 6.92 Å². The molecule has 0 radical (unpaired) electrons. The summed E-state index contributed by atoms with van der Waals surface area (Å²) in [6.45, 7) is 1.81. The van der Waals surface area contributed by atoms with Crippen LogP contribution in [-0.4, -0.2) is 31.3 Å². The fraction of sp³-hybridized carbons (Fsp3) is 0.429. The number of nitrogens with one attached hydrogen (secondary N) is 1. The number of primary amides is 1. The van der Waals surface area contributed by atoms with E-state index in [-0.39, 0.29) is 0 Å². The lowest BCUT2D eigenvalue weighted by Gasteiger charge is -2.01. The van der Waals surface area contributed by atoms with Gasteiger partial charge in [-0.25, -0.2) is 4.79 Å². The van der Waals surface area contributed by atoms with Crippen LogP contribution in [-0.2, 0) is 0 Å². The maximum absolute atomic E-state index is 10.3. The second-order valence-corrected chi connectivity index (χ2v) is 2.49. The van der Waals surface area contributed by atoms with Crippen molar-refractivity contribution in [3.8, 4) is 0 Å². The summed E-state index contributed by atoms with van der Waals surface area (Å²) in [5, 5.41) is 7.94. The lowest BCUT2D eigenvalue weighted by molar-refractivity contribution is 0.252. The van der Waals surface area contributed by atoms with Crippen LogP contribution < -0.4 is 11.1 Å². The van der Waals surface area contributed by atoms with Crippen molar-refractivity contribution in [2.24, 2.45) is 10.8 Å². The average molecular weight is 170 g/mol. The molecule has 0 aromatic rings. The molecule has 0 saturated carbocycles. The number of amides is 2. The third-order valence-corrected chi connectivity index (χ3v) is 0.934. The molecule has 0 aliphatic carbocycles. The third-order valence-electron chi connectivity index (χ3n) is 0.934. The maximum Gasteiger partial charge on any atom is 0.316 e. The Kier molecular flexibility index (Phi) is 4.52. The highest BCUT2D eigenvalue weighted by Crippen LogP contribution is 1.85. The molecule has 0 aromatic carbocycles. The first-order valence-corrected chi connectivity index (χ1v) is 3.46. The molecule has 68 valence electrons. The van der Waals surface area contributed by atoms with Crippen LogP contribution in [0.4, 0.5) is 4.79 Å². The molecular formula is C7H14N4O. The van der Waals surface area contributed by atoms with Crippen LogP contribution in [0, 0.1) is 0 Å². The number of rotatable bonds is 3. The van der Waals surface area contributed by atoms with Gasteiger partial charge in [0.05, 0.1) is 6.21 Å². The van der Waals surface area contributed by atoms with E-state index in [0.29, 0.717) is 0 Å². The fourth-order valence-electron chi connectivity index (χ4n) is 0.429. The van der Waals surface area contributed by atoms with Crippen molar-refractivity contribution in [3.05, 3.63) is 11.8 Å². The normalized spacial score (nSPS) is 11.8. The van der Waals surface area contributed by atoms with Gasteiger partial charge in [0.1, 0.15) is 0 Å². The summed E-state index contributed by atoms with van der Waals surface area (Å²) in [6, 6.07) is -0.576. The number of nitrogens with zero attached hydrogens (tertiary/aromatic N) is 2. The quantitative estimate of drug-likeness (QED) is 0.466. The highest BCUT2D eigenvalue weighted by atomic mass is 16.2. The van der Waals surface area contributed by atoms with E-state index in [0.717, 1.165) is 5.57 Å². The minimum absolute atomic E-state index is 0.576. The van der Waals surface area contributed by atoms with Gasteiger partial charge in [-0.1, -0.05) is 0 Å². The molecule has 5 nitrogen and oxygen atoms in total. The summed E-state index contributed by atoms with van der Waals surface area (Å²) >= 11 is 0. The molecular weight excluding hydrogens is 156 g/mol. The van der Waals surface area contributed by atoms with E-state index in [4.69, 9.17) is 5.73 Å². The topological polar surface area (TPSA) is 70.7 Å². The van der Waals surface area contributed by atoms with E-state index in [1.807, 2.05) is 21.0 Å². The van der Waals surface area contributed by atoms with Gasteiger partial charge in [0.15, 0.2) is 0 Å². The predicted molar refractivity (Wildman–Crippen MR) is 48.7 cm³/mol. The molecule has 0 heterocycles. The molecule has 0 aliphatic heterocycles. The van der Waals surface area contributed by atoms with Gasteiger partial charge in [-0.2, -0.15) is 5.10 Å².